The van der Waals surface area contributed by atoms with Crippen LogP contribution in [0.15, 0.2) is 60.9 Å². The fourth-order valence-electron chi connectivity index (χ4n) is 3.75. The van der Waals surface area contributed by atoms with E-state index in [-0.39, 0.29) is 0 Å². The summed E-state index contributed by atoms with van der Waals surface area (Å²) in [5, 5.41) is 5.56. The number of ether oxygens (including phenoxy) is 1. The van der Waals surface area contributed by atoms with Crippen molar-refractivity contribution in [3.8, 4) is 6.01 Å². The van der Waals surface area contributed by atoms with Crippen LogP contribution in [0, 0.1) is 13.8 Å². The largest absolute Gasteiger partial charge is 0.463 e. The van der Waals surface area contributed by atoms with Crippen LogP contribution in [0.3, 0.4) is 0 Å². The zero-order valence-electron chi connectivity index (χ0n) is 17.6. The average molecular weight is 412 g/mol. The second-order valence-electron chi connectivity index (χ2n) is 7.62. The zero-order chi connectivity index (χ0) is 21.2. The van der Waals surface area contributed by atoms with E-state index in [0.29, 0.717) is 12.6 Å². The van der Waals surface area contributed by atoms with Crippen molar-refractivity contribution in [1.82, 2.24) is 24.5 Å². The molecule has 0 saturated carbocycles. The molecular weight excluding hydrogens is 388 g/mol. The van der Waals surface area contributed by atoms with Crippen LogP contribution in [0.2, 0.25) is 0 Å². The van der Waals surface area contributed by atoms with E-state index in [1.807, 2.05) is 49.6 Å². The highest BCUT2D eigenvalue weighted by molar-refractivity contribution is 5.92. The number of benzene rings is 2. The molecule has 7 nitrogen and oxygen atoms in total. The summed E-state index contributed by atoms with van der Waals surface area (Å²) in [5.41, 5.74) is 4.07. The van der Waals surface area contributed by atoms with Crippen LogP contribution in [0.25, 0.3) is 21.8 Å². The maximum atomic E-state index is 5.90. The summed E-state index contributed by atoms with van der Waals surface area (Å²) >= 11 is 0. The molecule has 5 rings (SSSR count). The second-order valence-corrected chi connectivity index (χ2v) is 7.62. The number of hydrogen-bond donors (Lipinski definition) is 2. The Balaban J connectivity index is 1.36. The van der Waals surface area contributed by atoms with Gasteiger partial charge in [0.15, 0.2) is 0 Å². The molecule has 3 heterocycles. The van der Waals surface area contributed by atoms with Gasteiger partial charge < -0.3 is 19.6 Å². The molecule has 3 aromatic heterocycles. The number of fused-ring (bicyclic) bond motifs is 2. The van der Waals surface area contributed by atoms with E-state index in [1.54, 1.807) is 0 Å². The van der Waals surface area contributed by atoms with Crippen LogP contribution in [-0.4, -0.2) is 31.1 Å². The minimum Gasteiger partial charge on any atom is -0.463 e. The first-order valence-electron chi connectivity index (χ1n) is 10.4. The topological polar surface area (TPSA) is 80.7 Å². The molecule has 2 aromatic carbocycles. The smallest absolute Gasteiger partial charge is 0.318 e. The van der Waals surface area contributed by atoms with Gasteiger partial charge in [0.2, 0.25) is 0 Å². The van der Waals surface area contributed by atoms with Crippen LogP contribution in [0.1, 0.15) is 17.9 Å². The van der Waals surface area contributed by atoms with Crippen LogP contribution in [0.5, 0.6) is 6.01 Å². The van der Waals surface area contributed by atoms with Crippen molar-refractivity contribution >= 4 is 33.3 Å². The number of nitrogens with zero attached hydrogens (tertiary/aromatic N) is 4. The Bertz CT molecular complexity index is 1350. The summed E-state index contributed by atoms with van der Waals surface area (Å²) in [4.78, 5) is 16.8. The SMILES string of the molecule is Cc1cc2cc(Nc3nc(OCCCn4ccnc4C)nc4ccccc34)ccc2[nH]1. The fourth-order valence-corrected chi connectivity index (χ4v) is 3.75. The number of anilines is 2. The number of aryl methyl sites for hydroxylation is 3. The van der Waals surface area contributed by atoms with E-state index in [4.69, 9.17) is 4.74 Å². The third-order valence-corrected chi connectivity index (χ3v) is 5.30. The third-order valence-electron chi connectivity index (χ3n) is 5.30. The van der Waals surface area contributed by atoms with E-state index in [9.17, 15) is 0 Å². The molecule has 0 radical (unpaired) electrons. The number of para-hydroxylation sites is 1. The van der Waals surface area contributed by atoms with Crippen molar-refractivity contribution < 1.29 is 4.74 Å². The Hall–Kier alpha value is -3.87. The third kappa shape index (κ3) is 4.07. The minimum absolute atomic E-state index is 0.377. The number of hydrogen-bond acceptors (Lipinski definition) is 5. The fraction of sp³-hybridized carbons (Fsp3) is 0.208. The molecule has 0 bridgehead atoms. The number of nitrogens with one attached hydrogen (secondary N) is 2. The summed E-state index contributed by atoms with van der Waals surface area (Å²) in [7, 11) is 0. The van der Waals surface area contributed by atoms with E-state index in [1.165, 1.54) is 0 Å². The lowest BCUT2D eigenvalue weighted by Crippen LogP contribution is -2.07. The number of imidazole rings is 1. The number of aromatic nitrogens is 5. The van der Waals surface area contributed by atoms with E-state index in [0.717, 1.165) is 57.8 Å². The first kappa shape index (κ1) is 19.1. The van der Waals surface area contributed by atoms with Gasteiger partial charge in [0.05, 0.1) is 12.1 Å². The molecule has 5 aromatic rings. The Morgan fingerprint density at radius 3 is 2.84 bits per heavy atom. The van der Waals surface area contributed by atoms with Crippen molar-refractivity contribution in [1.29, 1.82) is 0 Å². The van der Waals surface area contributed by atoms with Gasteiger partial charge >= 0.3 is 6.01 Å². The lowest BCUT2D eigenvalue weighted by atomic mass is 10.2. The first-order valence-corrected chi connectivity index (χ1v) is 10.4. The highest BCUT2D eigenvalue weighted by atomic mass is 16.5. The average Bonchev–Trinajstić information content (AvgIpc) is 3.35. The molecule has 31 heavy (non-hydrogen) atoms. The van der Waals surface area contributed by atoms with Gasteiger partial charge in [0.25, 0.3) is 0 Å². The molecule has 0 amide bonds. The second kappa shape index (κ2) is 8.10. The zero-order valence-corrected chi connectivity index (χ0v) is 17.6. The molecule has 2 N–H and O–H groups in total. The maximum absolute atomic E-state index is 5.90. The van der Waals surface area contributed by atoms with Gasteiger partial charge in [-0.05, 0) is 56.7 Å². The quantitative estimate of drug-likeness (QED) is 0.362. The molecule has 0 aliphatic carbocycles. The standard InChI is InChI=1S/C24H24N6O/c1-16-14-18-15-19(8-9-21(18)26-16)27-23-20-6-3-4-7-22(20)28-24(29-23)31-13-5-11-30-12-10-25-17(30)2/h3-4,6-10,12,14-15,26H,5,11,13H2,1-2H3,(H,27,28,29). The van der Waals surface area contributed by atoms with Crippen molar-refractivity contribution in [3.05, 3.63) is 72.4 Å². The van der Waals surface area contributed by atoms with Gasteiger partial charge in [-0.25, -0.2) is 4.98 Å². The monoisotopic (exact) mass is 412 g/mol. The van der Waals surface area contributed by atoms with Crippen LogP contribution in [-0.2, 0) is 6.54 Å². The molecule has 0 aliphatic heterocycles. The number of H-pyrrole nitrogens is 1. The summed E-state index contributed by atoms with van der Waals surface area (Å²) in [5.74, 6) is 1.74. The van der Waals surface area contributed by atoms with Crippen molar-refractivity contribution in [2.45, 2.75) is 26.8 Å². The highest BCUT2D eigenvalue weighted by Crippen LogP contribution is 2.28. The van der Waals surface area contributed by atoms with Gasteiger partial charge in [0.1, 0.15) is 11.6 Å². The predicted octanol–water partition coefficient (Wildman–Crippen LogP) is 5.14. The van der Waals surface area contributed by atoms with Gasteiger partial charge in [-0.15, -0.1) is 0 Å². The highest BCUT2D eigenvalue weighted by Gasteiger charge is 2.10. The molecule has 0 aliphatic rings. The summed E-state index contributed by atoms with van der Waals surface area (Å²) in [6.07, 6.45) is 4.64. The predicted molar refractivity (Wildman–Crippen MR) is 123 cm³/mol. The maximum Gasteiger partial charge on any atom is 0.318 e. The van der Waals surface area contributed by atoms with Gasteiger partial charge in [-0.3, -0.25) is 0 Å². The van der Waals surface area contributed by atoms with E-state index >= 15 is 0 Å². The van der Waals surface area contributed by atoms with Gasteiger partial charge in [0, 0.05) is 46.6 Å². The normalized spacial score (nSPS) is 11.3. The molecular formula is C24H24N6O. The molecule has 156 valence electrons. The Labute approximate surface area is 180 Å². The summed E-state index contributed by atoms with van der Waals surface area (Å²) < 4.78 is 8.01. The van der Waals surface area contributed by atoms with Crippen molar-refractivity contribution in [2.75, 3.05) is 11.9 Å². The molecule has 0 fully saturated rings. The minimum atomic E-state index is 0.377. The van der Waals surface area contributed by atoms with E-state index < -0.39 is 0 Å². The molecule has 0 saturated heterocycles. The Morgan fingerprint density at radius 2 is 1.97 bits per heavy atom. The summed E-state index contributed by atoms with van der Waals surface area (Å²) in [6.45, 7) is 5.44. The van der Waals surface area contributed by atoms with Crippen LogP contribution < -0.4 is 10.1 Å². The molecule has 0 spiro atoms. The molecule has 0 atom stereocenters. The van der Waals surface area contributed by atoms with Crippen molar-refractivity contribution in [2.24, 2.45) is 0 Å². The lowest BCUT2D eigenvalue weighted by Gasteiger charge is -2.12. The van der Waals surface area contributed by atoms with E-state index in [2.05, 4.69) is 54.9 Å². The summed E-state index contributed by atoms with van der Waals surface area (Å²) in [6, 6.07) is 16.7. The first-order chi connectivity index (χ1) is 15.2. The lowest BCUT2D eigenvalue weighted by molar-refractivity contribution is 0.280. The Kier molecular flexibility index (Phi) is 5.00. The van der Waals surface area contributed by atoms with Crippen LogP contribution >= 0.6 is 0 Å². The Morgan fingerprint density at radius 1 is 1.06 bits per heavy atom. The van der Waals surface area contributed by atoms with Gasteiger partial charge in [-0.2, -0.15) is 9.97 Å². The number of rotatable bonds is 7. The van der Waals surface area contributed by atoms with Crippen LogP contribution in [0.4, 0.5) is 11.5 Å². The molecule has 7 heteroatoms. The molecule has 0 unspecified atom stereocenters. The number of aromatic amines is 1. The van der Waals surface area contributed by atoms with Gasteiger partial charge in [-0.1, -0.05) is 12.1 Å². The van der Waals surface area contributed by atoms with Crippen molar-refractivity contribution in [3.63, 3.8) is 0 Å².